The van der Waals surface area contributed by atoms with Crippen molar-refractivity contribution < 1.29 is 0 Å². The summed E-state index contributed by atoms with van der Waals surface area (Å²) in [6, 6.07) is 15.4. The lowest BCUT2D eigenvalue weighted by atomic mass is 10.1. The van der Waals surface area contributed by atoms with Crippen LogP contribution in [0.2, 0.25) is 0 Å². The van der Waals surface area contributed by atoms with E-state index in [1.807, 2.05) is 48.7 Å². The van der Waals surface area contributed by atoms with E-state index in [-0.39, 0.29) is 5.56 Å². The Bertz CT molecular complexity index is 775. The normalized spacial score (nSPS) is 10.7. The Labute approximate surface area is 121 Å². The summed E-state index contributed by atoms with van der Waals surface area (Å²) in [5.74, 6) is 0. The first-order valence-electron chi connectivity index (χ1n) is 6.40. The van der Waals surface area contributed by atoms with Gasteiger partial charge in [0.05, 0.1) is 11.4 Å². The van der Waals surface area contributed by atoms with Crippen molar-refractivity contribution in [2.75, 3.05) is 0 Å². The highest BCUT2D eigenvalue weighted by Gasteiger charge is 2.06. The molecule has 100 valence electrons. The van der Waals surface area contributed by atoms with Crippen LogP contribution in [0.4, 0.5) is 0 Å². The molecule has 0 atom stereocenters. The van der Waals surface area contributed by atoms with Crippen molar-refractivity contribution in [2.24, 2.45) is 0 Å². The third-order valence-electron chi connectivity index (χ3n) is 3.22. The Morgan fingerprint density at radius 3 is 2.70 bits per heavy atom. The van der Waals surface area contributed by atoms with E-state index in [4.69, 9.17) is 0 Å². The second-order valence-electron chi connectivity index (χ2n) is 4.62. The monoisotopic (exact) mass is 282 g/mol. The fourth-order valence-corrected chi connectivity index (χ4v) is 2.76. The molecular weight excluding hydrogens is 268 g/mol. The van der Waals surface area contributed by atoms with Gasteiger partial charge in [0.25, 0.3) is 5.56 Å². The van der Waals surface area contributed by atoms with Gasteiger partial charge < -0.3 is 0 Å². The minimum atomic E-state index is -0.0754. The van der Waals surface area contributed by atoms with Gasteiger partial charge in [-0.15, -0.1) is 11.3 Å². The molecule has 3 aromatic rings. The van der Waals surface area contributed by atoms with E-state index in [2.05, 4.69) is 5.10 Å². The van der Waals surface area contributed by atoms with Gasteiger partial charge in [-0.05, 0) is 35.6 Å². The SMILES string of the molecule is Cc1ccccc1Cn1nc(-c2cccs2)ccc1=O. The average molecular weight is 282 g/mol. The van der Waals surface area contributed by atoms with Crippen molar-refractivity contribution in [1.82, 2.24) is 9.78 Å². The van der Waals surface area contributed by atoms with E-state index >= 15 is 0 Å². The van der Waals surface area contributed by atoms with E-state index in [1.165, 1.54) is 10.2 Å². The van der Waals surface area contributed by atoms with E-state index in [9.17, 15) is 4.79 Å². The molecule has 0 N–H and O–H groups in total. The molecule has 0 amide bonds. The zero-order valence-corrected chi connectivity index (χ0v) is 11.9. The second-order valence-corrected chi connectivity index (χ2v) is 5.57. The maximum absolute atomic E-state index is 12.0. The zero-order valence-electron chi connectivity index (χ0n) is 11.1. The lowest BCUT2D eigenvalue weighted by molar-refractivity contribution is 0.641. The molecule has 0 aliphatic rings. The van der Waals surface area contributed by atoms with Crippen molar-refractivity contribution in [3.8, 4) is 10.6 Å². The van der Waals surface area contributed by atoms with Crippen LogP contribution in [0.3, 0.4) is 0 Å². The summed E-state index contributed by atoms with van der Waals surface area (Å²) in [6.45, 7) is 2.55. The molecule has 20 heavy (non-hydrogen) atoms. The van der Waals surface area contributed by atoms with Crippen molar-refractivity contribution in [2.45, 2.75) is 13.5 Å². The molecule has 0 bridgehead atoms. The highest BCUT2D eigenvalue weighted by molar-refractivity contribution is 7.13. The van der Waals surface area contributed by atoms with Crippen LogP contribution in [-0.4, -0.2) is 9.78 Å². The molecule has 1 aromatic carbocycles. The number of nitrogens with zero attached hydrogens (tertiary/aromatic N) is 2. The molecule has 2 heterocycles. The first kappa shape index (κ1) is 12.8. The summed E-state index contributed by atoms with van der Waals surface area (Å²) in [5, 5.41) is 6.47. The Kier molecular flexibility index (Phi) is 3.48. The standard InChI is InChI=1S/C16H14N2OS/c1-12-5-2-3-6-13(12)11-18-16(19)9-8-14(17-18)15-7-4-10-20-15/h2-10H,11H2,1H3. The van der Waals surface area contributed by atoms with Crippen LogP contribution < -0.4 is 5.56 Å². The number of hydrogen-bond acceptors (Lipinski definition) is 3. The number of aromatic nitrogens is 2. The van der Waals surface area contributed by atoms with Gasteiger partial charge in [-0.25, -0.2) is 4.68 Å². The molecule has 0 aliphatic carbocycles. The predicted molar refractivity (Wildman–Crippen MR) is 82.1 cm³/mol. The Hall–Kier alpha value is -2.20. The Morgan fingerprint density at radius 2 is 1.95 bits per heavy atom. The minimum Gasteiger partial charge on any atom is -0.268 e. The number of hydrogen-bond donors (Lipinski definition) is 0. The zero-order chi connectivity index (χ0) is 13.9. The van der Waals surface area contributed by atoms with Gasteiger partial charge in [-0.1, -0.05) is 30.3 Å². The molecule has 0 spiro atoms. The molecule has 0 saturated carbocycles. The predicted octanol–water partition coefficient (Wildman–Crippen LogP) is 3.33. The first-order chi connectivity index (χ1) is 9.74. The summed E-state index contributed by atoms with van der Waals surface area (Å²) in [5.41, 5.74) is 3.05. The maximum Gasteiger partial charge on any atom is 0.267 e. The van der Waals surface area contributed by atoms with Crippen LogP contribution in [0.15, 0.2) is 58.7 Å². The topological polar surface area (TPSA) is 34.9 Å². The lowest BCUT2D eigenvalue weighted by Crippen LogP contribution is -2.23. The van der Waals surface area contributed by atoms with Crippen LogP contribution in [0, 0.1) is 6.92 Å². The number of benzene rings is 1. The molecule has 2 aromatic heterocycles. The largest absolute Gasteiger partial charge is 0.268 e. The van der Waals surface area contributed by atoms with Gasteiger partial charge in [0.1, 0.15) is 5.69 Å². The summed E-state index contributed by atoms with van der Waals surface area (Å²) < 4.78 is 1.53. The number of aryl methyl sites for hydroxylation is 1. The summed E-state index contributed by atoms with van der Waals surface area (Å²) in [4.78, 5) is 13.0. The lowest BCUT2D eigenvalue weighted by Gasteiger charge is -2.08. The van der Waals surface area contributed by atoms with Crippen LogP contribution in [0.25, 0.3) is 10.6 Å². The molecule has 0 aliphatic heterocycles. The van der Waals surface area contributed by atoms with E-state index in [1.54, 1.807) is 23.5 Å². The van der Waals surface area contributed by atoms with Gasteiger partial charge in [0.15, 0.2) is 0 Å². The molecule has 0 fully saturated rings. The van der Waals surface area contributed by atoms with Crippen molar-refractivity contribution in [3.05, 3.63) is 75.4 Å². The fourth-order valence-electron chi connectivity index (χ4n) is 2.07. The molecule has 4 heteroatoms. The number of thiophene rings is 1. The third kappa shape index (κ3) is 2.56. The van der Waals surface area contributed by atoms with Gasteiger partial charge >= 0.3 is 0 Å². The average Bonchev–Trinajstić information content (AvgIpc) is 2.98. The molecule has 3 nitrogen and oxygen atoms in total. The van der Waals surface area contributed by atoms with E-state index < -0.39 is 0 Å². The van der Waals surface area contributed by atoms with Gasteiger partial charge in [-0.3, -0.25) is 4.79 Å². The van der Waals surface area contributed by atoms with Gasteiger partial charge in [0, 0.05) is 6.07 Å². The van der Waals surface area contributed by atoms with Gasteiger partial charge in [-0.2, -0.15) is 5.10 Å². The Morgan fingerprint density at radius 1 is 1.10 bits per heavy atom. The van der Waals surface area contributed by atoms with E-state index in [0.29, 0.717) is 6.54 Å². The summed E-state index contributed by atoms with van der Waals surface area (Å²) in [6.07, 6.45) is 0. The van der Waals surface area contributed by atoms with Crippen molar-refractivity contribution in [3.63, 3.8) is 0 Å². The third-order valence-corrected chi connectivity index (χ3v) is 4.11. The highest BCUT2D eigenvalue weighted by atomic mass is 32.1. The molecule has 0 saturated heterocycles. The second kappa shape index (κ2) is 5.43. The molecule has 0 radical (unpaired) electrons. The Balaban J connectivity index is 2.00. The quantitative estimate of drug-likeness (QED) is 0.738. The smallest absolute Gasteiger partial charge is 0.267 e. The molecule has 0 unspecified atom stereocenters. The minimum absolute atomic E-state index is 0.0754. The molecule has 3 rings (SSSR count). The van der Waals surface area contributed by atoms with Gasteiger partial charge in [0.2, 0.25) is 0 Å². The van der Waals surface area contributed by atoms with Crippen LogP contribution in [0.5, 0.6) is 0 Å². The summed E-state index contributed by atoms with van der Waals surface area (Å²) >= 11 is 1.62. The first-order valence-corrected chi connectivity index (χ1v) is 7.28. The fraction of sp³-hybridized carbons (Fsp3) is 0.125. The highest BCUT2D eigenvalue weighted by Crippen LogP contribution is 2.21. The van der Waals surface area contributed by atoms with Crippen LogP contribution in [0.1, 0.15) is 11.1 Å². The summed E-state index contributed by atoms with van der Waals surface area (Å²) in [7, 11) is 0. The van der Waals surface area contributed by atoms with Crippen LogP contribution >= 0.6 is 11.3 Å². The van der Waals surface area contributed by atoms with E-state index in [0.717, 1.165) is 16.1 Å². The molecular formula is C16H14N2OS. The van der Waals surface area contributed by atoms with Crippen molar-refractivity contribution in [1.29, 1.82) is 0 Å². The maximum atomic E-state index is 12.0. The number of rotatable bonds is 3. The van der Waals surface area contributed by atoms with Crippen LogP contribution in [-0.2, 0) is 6.54 Å². The van der Waals surface area contributed by atoms with Crippen molar-refractivity contribution >= 4 is 11.3 Å².